The first kappa shape index (κ1) is 21.4. The molecule has 1 aromatic heterocycles. The van der Waals surface area contributed by atoms with E-state index in [1.54, 1.807) is 12.1 Å². The van der Waals surface area contributed by atoms with E-state index in [-0.39, 0.29) is 18.6 Å². The molecule has 0 bridgehead atoms. The monoisotopic (exact) mass is 427 g/mol. The number of carbonyl (C=O) groups excluding carboxylic acids is 1. The third kappa shape index (κ3) is 5.43. The second-order valence-electron chi connectivity index (χ2n) is 7.78. The fraction of sp³-hybridized carbons (Fsp3) is 0.185. The minimum Gasteiger partial charge on any atom is -0.484 e. The molecule has 4 rings (SSSR count). The Morgan fingerprint density at radius 1 is 0.969 bits per heavy atom. The lowest BCUT2D eigenvalue weighted by Crippen LogP contribution is -2.36. The van der Waals surface area contributed by atoms with Gasteiger partial charge in [-0.25, -0.2) is 4.79 Å². The fourth-order valence-corrected chi connectivity index (χ4v) is 3.65. The molecule has 162 valence electrons. The van der Waals surface area contributed by atoms with E-state index in [1.807, 2.05) is 61.5 Å². The highest BCUT2D eigenvalue weighted by atomic mass is 16.5. The van der Waals surface area contributed by atoms with Gasteiger partial charge in [-0.3, -0.25) is 4.79 Å². The number of aryl methyl sites for hydroxylation is 1. The molecule has 0 aliphatic heterocycles. The first-order chi connectivity index (χ1) is 15.6. The largest absolute Gasteiger partial charge is 0.484 e. The van der Waals surface area contributed by atoms with Crippen LogP contribution in [-0.2, 0) is 11.2 Å². The number of ether oxygens (including phenoxy) is 1. The molecule has 0 fully saturated rings. The van der Waals surface area contributed by atoms with Gasteiger partial charge in [0.25, 0.3) is 5.91 Å². The average Bonchev–Trinajstić information content (AvgIpc) is 2.82. The average molecular weight is 428 g/mol. The second-order valence-corrected chi connectivity index (χ2v) is 7.78. The van der Waals surface area contributed by atoms with E-state index in [4.69, 9.17) is 9.15 Å². The lowest BCUT2D eigenvalue weighted by molar-refractivity contribution is -0.123. The van der Waals surface area contributed by atoms with Crippen LogP contribution in [0, 0.1) is 0 Å². The van der Waals surface area contributed by atoms with Crippen LogP contribution in [0.25, 0.3) is 22.1 Å². The Labute approximate surface area is 186 Å². The van der Waals surface area contributed by atoms with Crippen molar-refractivity contribution in [2.24, 2.45) is 0 Å². The van der Waals surface area contributed by atoms with Crippen molar-refractivity contribution < 1.29 is 13.9 Å². The van der Waals surface area contributed by atoms with Gasteiger partial charge in [0.1, 0.15) is 11.3 Å². The standard InChI is InChI=1S/C27H25NO4/c1-19(12-13-20-8-4-2-5-9-20)28-26(29)18-31-22-14-15-23-24(21-10-6-3-7-11-21)17-27(30)32-25(23)16-22/h2-11,14-17,19H,12-13,18H2,1H3,(H,28,29)/t19-/m1/s1. The zero-order valence-electron chi connectivity index (χ0n) is 17.9. The van der Waals surface area contributed by atoms with E-state index >= 15 is 0 Å². The Hall–Kier alpha value is -3.86. The predicted molar refractivity (Wildman–Crippen MR) is 126 cm³/mol. The zero-order valence-corrected chi connectivity index (χ0v) is 17.9. The number of hydrogen-bond donors (Lipinski definition) is 1. The van der Waals surface area contributed by atoms with Gasteiger partial charge in [-0.1, -0.05) is 60.7 Å². The number of hydrogen-bond acceptors (Lipinski definition) is 4. The molecule has 32 heavy (non-hydrogen) atoms. The van der Waals surface area contributed by atoms with Crippen LogP contribution in [0.2, 0.25) is 0 Å². The summed E-state index contributed by atoms with van der Waals surface area (Å²) in [5.74, 6) is 0.281. The van der Waals surface area contributed by atoms with Crippen LogP contribution in [0.15, 0.2) is 94.1 Å². The summed E-state index contributed by atoms with van der Waals surface area (Å²) in [6, 6.07) is 26.6. The van der Waals surface area contributed by atoms with E-state index in [2.05, 4.69) is 17.4 Å². The van der Waals surface area contributed by atoms with Crippen LogP contribution in [-0.4, -0.2) is 18.6 Å². The third-order valence-corrected chi connectivity index (χ3v) is 5.29. The summed E-state index contributed by atoms with van der Waals surface area (Å²) in [5.41, 5.74) is 2.97. The van der Waals surface area contributed by atoms with Crippen molar-refractivity contribution in [1.82, 2.24) is 5.32 Å². The van der Waals surface area contributed by atoms with Gasteiger partial charge in [-0.05, 0) is 48.6 Å². The maximum absolute atomic E-state index is 12.3. The van der Waals surface area contributed by atoms with Crippen LogP contribution in [0.5, 0.6) is 5.75 Å². The molecule has 0 aliphatic rings. The molecule has 4 aromatic rings. The van der Waals surface area contributed by atoms with Crippen LogP contribution in [0.3, 0.4) is 0 Å². The highest BCUT2D eigenvalue weighted by Gasteiger charge is 2.11. The number of benzene rings is 3. The maximum atomic E-state index is 12.3. The van der Waals surface area contributed by atoms with Crippen molar-refractivity contribution in [1.29, 1.82) is 0 Å². The van der Waals surface area contributed by atoms with E-state index in [0.717, 1.165) is 29.4 Å². The minimum atomic E-state index is -0.432. The van der Waals surface area contributed by atoms with Crippen molar-refractivity contribution in [3.63, 3.8) is 0 Å². The summed E-state index contributed by atoms with van der Waals surface area (Å²) in [6.07, 6.45) is 1.75. The Morgan fingerprint density at radius 3 is 2.44 bits per heavy atom. The van der Waals surface area contributed by atoms with Crippen LogP contribution < -0.4 is 15.7 Å². The van der Waals surface area contributed by atoms with Gasteiger partial charge in [0, 0.05) is 23.6 Å². The quantitative estimate of drug-likeness (QED) is 0.403. The minimum absolute atomic E-state index is 0.0364. The molecule has 1 atom stereocenters. The lowest BCUT2D eigenvalue weighted by atomic mass is 10.0. The molecule has 5 heteroatoms. The van der Waals surface area contributed by atoms with Gasteiger partial charge in [0.2, 0.25) is 0 Å². The van der Waals surface area contributed by atoms with Gasteiger partial charge in [-0.15, -0.1) is 0 Å². The smallest absolute Gasteiger partial charge is 0.336 e. The predicted octanol–water partition coefficient (Wildman–Crippen LogP) is 4.98. The van der Waals surface area contributed by atoms with Crippen LogP contribution in [0.4, 0.5) is 0 Å². The molecule has 1 N–H and O–H groups in total. The molecule has 0 saturated heterocycles. The molecule has 0 spiro atoms. The number of amides is 1. The highest BCUT2D eigenvalue weighted by molar-refractivity contribution is 5.93. The van der Waals surface area contributed by atoms with Gasteiger partial charge in [-0.2, -0.15) is 0 Å². The first-order valence-electron chi connectivity index (χ1n) is 10.7. The summed E-state index contributed by atoms with van der Waals surface area (Å²) in [4.78, 5) is 24.4. The van der Waals surface area contributed by atoms with Gasteiger partial charge in [0.15, 0.2) is 6.61 Å². The van der Waals surface area contributed by atoms with E-state index in [0.29, 0.717) is 11.3 Å². The number of nitrogens with one attached hydrogen (secondary N) is 1. The second kappa shape index (κ2) is 9.96. The van der Waals surface area contributed by atoms with Crippen LogP contribution in [0.1, 0.15) is 18.9 Å². The summed E-state index contributed by atoms with van der Waals surface area (Å²) in [6.45, 7) is 1.88. The summed E-state index contributed by atoms with van der Waals surface area (Å²) in [5, 5.41) is 3.77. The lowest BCUT2D eigenvalue weighted by Gasteiger charge is -2.14. The van der Waals surface area contributed by atoms with Crippen molar-refractivity contribution in [3.05, 3.63) is 101 Å². The van der Waals surface area contributed by atoms with E-state index in [9.17, 15) is 9.59 Å². The molecule has 0 saturated carbocycles. The normalized spacial score (nSPS) is 11.8. The van der Waals surface area contributed by atoms with E-state index < -0.39 is 5.63 Å². The van der Waals surface area contributed by atoms with Gasteiger partial charge in [0.05, 0.1) is 0 Å². The number of rotatable bonds is 8. The Bertz CT molecular complexity index is 1250. The fourth-order valence-electron chi connectivity index (χ4n) is 3.65. The van der Waals surface area contributed by atoms with Gasteiger partial charge >= 0.3 is 5.63 Å². The van der Waals surface area contributed by atoms with Gasteiger partial charge < -0.3 is 14.5 Å². The molecule has 0 unspecified atom stereocenters. The Morgan fingerprint density at radius 2 is 1.69 bits per heavy atom. The maximum Gasteiger partial charge on any atom is 0.336 e. The molecule has 1 heterocycles. The highest BCUT2D eigenvalue weighted by Crippen LogP contribution is 2.29. The summed E-state index contributed by atoms with van der Waals surface area (Å²) < 4.78 is 11.0. The summed E-state index contributed by atoms with van der Waals surface area (Å²) in [7, 11) is 0. The van der Waals surface area contributed by atoms with Crippen molar-refractivity contribution in [2.45, 2.75) is 25.8 Å². The van der Waals surface area contributed by atoms with E-state index in [1.165, 1.54) is 11.6 Å². The zero-order chi connectivity index (χ0) is 22.3. The SMILES string of the molecule is C[C@H](CCc1ccccc1)NC(=O)COc1ccc2c(-c3ccccc3)cc(=O)oc2c1. The Kier molecular flexibility index (Phi) is 6.66. The first-order valence-corrected chi connectivity index (χ1v) is 10.7. The van der Waals surface area contributed by atoms with Crippen molar-refractivity contribution in [2.75, 3.05) is 6.61 Å². The third-order valence-electron chi connectivity index (χ3n) is 5.29. The topological polar surface area (TPSA) is 68.5 Å². The molecular weight excluding hydrogens is 402 g/mol. The Balaban J connectivity index is 1.38. The molecule has 1 amide bonds. The van der Waals surface area contributed by atoms with Crippen LogP contribution >= 0.6 is 0 Å². The van der Waals surface area contributed by atoms with Crippen molar-refractivity contribution in [3.8, 4) is 16.9 Å². The molecule has 0 radical (unpaired) electrons. The molecule has 5 nitrogen and oxygen atoms in total. The molecule has 3 aromatic carbocycles. The number of carbonyl (C=O) groups is 1. The molecule has 0 aliphatic carbocycles. The number of fused-ring (bicyclic) bond motifs is 1. The molecular formula is C27H25NO4. The summed E-state index contributed by atoms with van der Waals surface area (Å²) >= 11 is 0. The van der Waals surface area contributed by atoms with Crippen molar-refractivity contribution >= 4 is 16.9 Å².